The number of methoxy groups -OCH3 is 1. The van der Waals surface area contributed by atoms with E-state index in [-0.39, 0.29) is 6.61 Å². The van der Waals surface area contributed by atoms with Gasteiger partial charge in [-0.05, 0) is 24.6 Å². The van der Waals surface area contributed by atoms with Crippen molar-refractivity contribution < 1.29 is 14.6 Å². The Balaban J connectivity index is 2.24. The second-order valence-corrected chi connectivity index (χ2v) is 4.38. The first-order valence-electron chi connectivity index (χ1n) is 6.73. The fourth-order valence-corrected chi connectivity index (χ4v) is 1.82. The van der Waals surface area contributed by atoms with Crippen LogP contribution in [0.25, 0.3) is 0 Å². The number of nitrogens with one attached hydrogen (secondary N) is 1. The monoisotopic (exact) mass is 289 g/mol. The standard InChI is InChI=1S/C15H19N3O3/c1-3-16-13-8-15(18-14(17-13)10-20-2)21-12-6-4-5-11(7-12)9-19/h4-8,19H,3,9-10H2,1-2H3,(H,16,17,18). The van der Waals surface area contributed by atoms with Crippen molar-refractivity contribution in [3.63, 3.8) is 0 Å². The molecular weight excluding hydrogens is 270 g/mol. The summed E-state index contributed by atoms with van der Waals surface area (Å²) in [5.41, 5.74) is 0.783. The zero-order chi connectivity index (χ0) is 15.1. The Kier molecular flexibility index (Phi) is 5.48. The van der Waals surface area contributed by atoms with E-state index >= 15 is 0 Å². The number of anilines is 1. The Labute approximate surface area is 123 Å². The summed E-state index contributed by atoms with van der Waals surface area (Å²) in [5, 5.41) is 12.3. The topological polar surface area (TPSA) is 76.5 Å². The molecule has 1 heterocycles. The van der Waals surface area contributed by atoms with Gasteiger partial charge in [0.1, 0.15) is 18.2 Å². The highest BCUT2D eigenvalue weighted by Gasteiger charge is 2.07. The number of benzene rings is 1. The zero-order valence-electron chi connectivity index (χ0n) is 12.2. The number of nitrogens with zero attached hydrogens (tertiary/aromatic N) is 2. The lowest BCUT2D eigenvalue weighted by atomic mass is 10.2. The third-order valence-corrected chi connectivity index (χ3v) is 2.68. The van der Waals surface area contributed by atoms with Crippen molar-refractivity contribution in [2.24, 2.45) is 0 Å². The molecule has 0 radical (unpaired) electrons. The van der Waals surface area contributed by atoms with E-state index in [1.54, 1.807) is 19.2 Å². The highest BCUT2D eigenvalue weighted by Crippen LogP contribution is 2.23. The van der Waals surface area contributed by atoms with Crippen LogP contribution in [-0.4, -0.2) is 28.7 Å². The van der Waals surface area contributed by atoms with E-state index in [2.05, 4.69) is 15.3 Å². The van der Waals surface area contributed by atoms with Gasteiger partial charge in [-0.1, -0.05) is 12.1 Å². The van der Waals surface area contributed by atoms with Crippen molar-refractivity contribution in [3.05, 3.63) is 41.7 Å². The number of aliphatic hydroxyl groups excluding tert-OH is 1. The van der Waals surface area contributed by atoms with Gasteiger partial charge in [0.25, 0.3) is 0 Å². The molecule has 0 unspecified atom stereocenters. The molecule has 1 aromatic carbocycles. The smallest absolute Gasteiger partial charge is 0.224 e. The molecule has 2 N–H and O–H groups in total. The predicted octanol–water partition coefficient (Wildman–Crippen LogP) is 2.34. The van der Waals surface area contributed by atoms with Crippen molar-refractivity contribution >= 4 is 5.82 Å². The minimum Gasteiger partial charge on any atom is -0.439 e. The lowest BCUT2D eigenvalue weighted by molar-refractivity contribution is 0.177. The van der Waals surface area contributed by atoms with Crippen LogP contribution in [0.3, 0.4) is 0 Å². The van der Waals surface area contributed by atoms with Crippen molar-refractivity contribution in [2.45, 2.75) is 20.1 Å². The molecule has 0 bridgehead atoms. The zero-order valence-corrected chi connectivity index (χ0v) is 12.2. The molecule has 0 aliphatic rings. The number of aromatic nitrogens is 2. The molecule has 6 nitrogen and oxygen atoms in total. The molecule has 0 saturated heterocycles. The second kappa shape index (κ2) is 7.56. The van der Waals surface area contributed by atoms with Crippen LogP contribution >= 0.6 is 0 Å². The summed E-state index contributed by atoms with van der Waals surface area (Å²) in [7, 11) is 1.59. The maximum atomic E-state index is 9.15. The van der Waals surface area contributed by atoms with Crippen LogP contribution in [0.15, 0.2) is 30.3 Å². The fourth-order valence-electron chi connectivity index (χ4n) is 1.82. The van der Waals surface area contributed by atoms with E-state index in [1.165, 1.54) is 0 Å². The maximum absolute atomic E-state index is 9.15. The molecule has 112 valence electrons. The number of aliphatic hydroxyl groups is 1. The van der Waals surface area contributed by atoms with Crippen LogP contribution in [0.5, 0.6) is 11.6 Å². The van der Waals surface area contributed by atoms with Gasteiger partial charge in [0, 0.05) is 19.7 Å². The SMILES string of the molecule is CCNc1cc(Oc2cccc(CO)c2)nc(COC)n1. The predicted molar refractivity (Wildman–Crippen MR) is 79.3 cm³/mol. The van der Waals surface area contributed by atoms with Crippen LogP contribution < -0.4 is 10.1 Å². The Morgan fingerprint density at radius 3 is 2.81 bits per heavy atom. The van der Waals surface area contributed by atoms with Crippen molar-refractivity contribution in [1.29, 1.82) is 0 Å². The van der Waals surface area contributed by atoms with E-state index in [1.807, 2.05) is 25.1 Å². The van der Waals surface area contributed by atoms with Gasteiger partial charge < -0.3 is 19.9 Å². The minimum absolute atomic E-state index is 0.0292. The van der Waals surface area contributed by atoms with Gasteiger partial charge >= 0.3 is 0 Å². The average Bonchev–Trinajstić information content (AvgIpc) is 2.48. The minimum atomic E-state index is -0.0292. The molecule has 0 spiro atoms. The summed E-state index contributed by atoms with van der Waals surface area (Å²) in [4.78, 5) is 8.62. The van der Waals surface area contributed by atoms with Crippen LogP contribution in [0, 0.1) is 0 Å². The van der Waals surface area contributed by atoms with Gasteiger partial charge in [0.2, 0.25) is 5.88 Å². The van der Waals surface area contributed by atoms with Gasteiger partial charge in [0.05, 0.1) is 6.61 Å². The number of rotatable bonds is 7. The molecule has 0 aliphatic heterocycles. The van der Waals surface area contributed by atoms with Crippen LogP contribution in [0.2, 0.25) is 0 Å². The first-order chi connectivity index (χ1) is 10.2. The quantitative estimate of drug-likeness (QED) is 0.814. The van der Waals surface area contributed by atoms with Gasteiger partial charge in [0.15, 0.2) is 5.82 Å². The summed E-state index contributed by atoms with van der Waals surface area (Å²) in [6, 6.07) is 8.96. The normalized spacial score (nSPS) is 10.4. The number of ether oxygens (including phenoxy) is 2. The van der Waals surface area contributed by atoms with Crippen LogP contribution in [0.1, 0.15) is 18.3 Å². The van der Waals surface area contributed by atoms with Crippen molar-refractivity contribution in [3.8, 4) is 11.6 Å². The number of hydrogen-bond acceptors (Lipinski definition) is 6. The molecular formula is C15H19N3O3. The summed E-state index contributed by atoms with van der Waals surface area (Å²) < 4.78 is 10.8. The molecule has 2 rings (SSSR count). The second-order valence-electron chi connectivity index (χ2n) is 4.38. The first kappa shape index (κ1) is 15.2. The van der Waals surface area contributed by atoms with Crippen molar-refractivity contribution in [1.82, 2.24) is 9.97 Å². The molecule has 0 aliphatic carbocycles. The Hall–Kier alpha value is -2.18. The summed E-state index contributed by atoms with van der Waals surface area (Å²) in [5.74, 6) is 2.28. The highest BCUT2D eigenvalue weighted by molar-refractivity contribution is 5.40. The summed E-state index contributed by atoms with van der Waals surface area (Å²) >= 11 is 0. The molecule has 6 heteroatoms. The summed E-state index contributed by atoms with van der Waals surface area (Å²) in [6.45, 7) is 3.02. The average molecular weight is 289 g/mol. The highest BCUT2D eigenvalue weighted by atomic mass is 16.5. The lowest BCUT2D eigenvalue weighted by Gasteiger charge is -2.10. The first-order valence-corrected chi connectivity index (χ1v) is 6.73. The lowest BCUT2D eigenvalue weighted by Crippen LogP contribution is -2.05. The van der Waals surface area contributed by atoms with Gasteiger partial charge in [-0.15, -0.1) is 0 Å². The molecule has 0 atom stereocenters. The third kappa shape index (κ3) is 4.40. The molecule has 0 amide bonds. The van der Waals surface area contributed by atoms with E-state index < -0.39 is 0 Å². The maximum Gasteiger partial charge on any atom is 0.224 e. The van der Waals surface area contributed by atoms with E-state index in [0.29, 0.717) is 29.9 Å². The Bertz CT molecular complexity index is 566. The largest absolute Gasteiger partial charge is 0.439 e. The van der Waals surface area contributed by atoms with E-state index in [4.69, 9.17) is 14.6 Å². The van der Waals surface area contributed by atoms with Crippen LogP contribution in [0.4, 0.5) is 5.82 Å². The molecule has 2 aromatic rings. The number of hydrogen-bond donors (Lipinski definition) is 2. The fraction of sp³-hybridized carbons (Fsp3) is 0.333. The van der Waals surface area contributed by atoms with Gasteiger partial charge in [-0.2, -0.15) is 4.98 Å². The van der Waals surface area contributed by atoms with E-state index in [0.717, 1.165) is 12.1 Å². The third-order valence-electron chi connectivity index (χ3n) is 2.68. The molecule has 0 saturated carbocycles. The summed E-state index contributed by atoms with van der Waals surface area (Å²) in [6.07, 6.45) is 0. The van der Waals surface area contributed by atoms with Crippen LogP contribution in [-0.2, 0) is 18.0 Å². The Morgan fingerprint density at radius 2 is 2.10 bits per heavy atom. The van der Waals surface area contributed by atoms with Crippen molar-refractivity contribution in [2.75, 3.05) is 19.0 Å². The molecule has 0 fully saturated rings. The molecule has 21 heavy (non-hydrogen) atoms. The molecule has 1 aromatic heterocycles. The van der Waals surface area contributed by atoms with Gasteiger partial charge in [-0.3, -0.25) is 0 Å². The Morgan fingerprint density at radius 1 is 1.24 bits per heavy atom. The van der Waals surface area contributed by atoms with E-state index in [9.17, 15) is 0 Å². The van der Waals surface area contributed by atoms with Gasteiger partial charge in [-0.25, -0.2) is 4.98 Å².